The van der Waals surface area contributed by atoms with Gasteiger partial charge in [-0.05, 0) is 48.4 Å². The summed E-state index contributed by atoms with van der Waals surface area (Å²) in [5.74, 6) is -1.22. The van der Waals surface area contributed by atoms with Crippen LogP contribution in [0.2, 0.25) is 5.02 Å². The highest BCUT2D eigenvalue weighted by atomic mass is 35.5. The van der Waals surface area contributed by atoms with Gasteiger partial charge in [0.1, 0.15) is 5.69 Å². The number of halogens is 1. The second kappa shape index (κ2) is 7.94. The minimum Gasteiger partial charge on any atom is -0.343 e. The van der Waals surface area contributed by atoms with Crippen LogP contribution in [0, 0.1) is 0 Å². The SMILES string of the molecule is C[C@H](NC(=O)C(=O)c1c(-c2ccc(Cl)cc2)cc2ccccn12)c1ccccc1. The molecule has 1 N–H and O–H groups in total. The Balaban J connectivity index is 1.72. The largest absolute Gasteiger partial charge is 0.343 e. The fraction of sp³-hybridized carbons (Fsp3) is 0.0833. The van der Waals surface area contributed by atoms with Gasteiger partial charge in [0.05, 0.1) is 6.04 Å². The number of hydrogen-bond donors (Lipinski definition) is 1. The molecule has 0 spiro atoms. The summed E-state index contributed by atoms with van der Waals surface area (Å²) >= 11 is 6.01. The van der Waals surface area contributed by atoms with Crippen molar-refractivity contribution in [3.8, 4) is 11.1 Å². The molecular weight excluding hydrogens is 384 g/mol. The highest BCUT2D eigenvalue weighted by Crippen LogP contribution is 2.29. The lowest BCUT2D eigenvalue weighted by Gasteiger charge is -2.14. The lowest BCUT2D eigenvalue weighted by atomic mass is 10.0. The monoisotopic (exact) mass is 402 g/mol. The van der Waals surface area contributed by atoms with Gasteiger partial charge in [-0.1, -0.05) is 60.1 Å². The first-order valence-corrected chi connectivity index (χ1v) is 9.68. The minimum absolute atomic E-state index is 0.280. The Kier molecular flexibility index (Phi) is 5.19. The second-order valence-corrected chi connectivity index (χ2v) is 7.28. The number of nitrogens with zero attached hydrogens (tertiary/aromatic N) is 1. The molecular formula is C24H19ClN2O2. The molecule has 2 aromatic heterocycles. The van der Waals surface area contributed by atoms with Gasteiger partial charge in [-0.2, -0.15) is 0 Å². The van der Waals surface area contributed by atoms with Gasteiger partial charge in [0, 0.05) is 22.3 Å². The number of Topliss-reactive ketones (excluding diaryl/α,β-unsaturated/α-hetero) is 1. The number of fused-ring (bicyclic) bond motifs is 1. The van der Waals surface area contributed by atoms with Crippen molar-refractivity contribution >= 4 is 28.8 Å². The number of pyridine rings is 1. The van der Waals surface area contributed by atoms with E-state index >= 15 is 0 Å². The molecule has 144 valence electrons. The molecule has 4 nitrogen and oxygen atoms in total. The van der Waals surface area contributed by atoms with Crippen LogP contribution in [-0.4, -0.2) is 16.1 Å². The Hall–Kier alpha value is -3.37. The molecule has 1 amide bonds. The van der Waals surface area contributed by atoms with Crippen molar-refractivity contribution in [1.82, 2.24) is 9.72 Å². The normalized spacial score (nSPS) is 11.9. The van der Waals surface area contributed by atoms with Crippen LogP contribution in [-0.2, 0) is 4.79 Å². The number of benzene rings is 2. The van der Waals surface area contributed by atoms with E-state index in [4.69, 9.17) is 11.6 Å². The summed E-state index contributed by atoms with van der Waals surface area (Å²) in [5.41, 5.74) is 3.63. The van der Waals surface area contributed by atoms with Crippen molar-refractivity contribution in [3.63, 3.8) is 0 Å². The maximum Gasteiger partial charge on any atom is 0.294 e. The van der Waals surface area contributed by atoms with Crippen LogP contribution in [0.4, 0.5) is 0 Å². The summed E-state index contributed by atoms with van der Waals surface area (Å²) in [7, 11) is 0. The van der Waals surface area contributed by atoms with Crippen LogP contribution in [0.1, 0.15) is 29.0 Å². The number of hydrogen-bond acceptors (Lipinski definition) is 2. The van der Waals surface area contributed by atoms with E-state index < -0.39 is 11.7 Å². The molecule has 0 unspecified atom stereocenters. The maximum absolute atomic E-state index is 13.2. The van der Waals surface area contributed by atoms with Gasteiger partial charge in [0.2, 0.25) is 0 Å². The third-order valence-electron chi connectivity index (χ3n) is 4.90. The fourth-order valence-electron chi connectivity index (χ4n) is 3.40. The lowest BCUT2D eigenvalue weighted by Crippen LogP contribution is -2.34. The quantitative estimate of drug-likeness (QED) is 0.363. The molecule has 4 aromatic rings. The molecule has 0 fully saturated rings. The number of rotatable bonds is 5. The molecule has 4 rings (SSSR count). The molecule has 5 heteroatoms. The molecule has 0 aliphatic heterocycles. The summed E-state index contributed by atoms with van der Waals surface area (Å²) in [6, 6.07) is 24.0. The van der Waals surface area contributed by atoms with Gasteiger partial charge in [-0.3, -0.25) is 9.59 Å². The summed E-state index contributed by atoms with van der Waals surface area (Å²) < 4.78 is 1.75. The topological polar surface area (TPSA) is 50.6 Å². The highest BCUT2D eigenvalue weighted by Gasteiger charge is 2.25. The number of ketones is 1. The molecule has 0 aliphatic rings. The Labute approximate surface area is 173 Å². The first-order valence-electron chi connectivity index (χ1n) is 9.31. The van der Waals surface area contributed by atoms with Crippen molar-refractivity contribution in [2.75, 3.05) is 0 Å². The summed E-state index contributed by atoms with van der Waals surface area (Å²) in [6.07, 6.45) is 1.79. The molecule has 0 saturated heterocycles. The van der Waals surface area contributed by atoms with E-state index in [1.54, 1.807) is 22.7 Å². The molecule has 2 heterocycles. The van der Waals surface area contributed by atoms with E-state index in [1.807, 2.05) is 73.7 Å². The van der Waals surface area contributed by atoms with Gasteiger partial charge in [-0.25, -0.2) is 0 Å². The average molecular weight is 403 g/mol. The van der Waals surface area contributed by atoms with Crippen LogP contribution in [0.15, 0.2) is 85.1 Å². The van der Waals surface area contributed by atoms with Gasteiger partial charge in [-0.15, -0.1) is 0 Å². The zero-order chi connectivity index (χ0) is 20.4. The van der Waals surface area contributed by atoms with Crippen LogP contribution >= 0.6 is 11.6 Å². The van der Waals surface area contributed by atoms with Crippen molar-refractivity contribution in [2.24, 2.45) is 0 Å². The maximum atomic E-state index is 13.2. The molecule has 0 bridgehead atoms. The number of carbonyl (C=O) groups is 2. The van der Waals surface area contributed by atoms with E-state index in [0.29, 0.717) is 16.3 Å². The fourth-order valence-corrected chi connectivity index (χ4v) is 3.53. The first kappa shape index (κ1) is 19.0. The molecule has 29 heavy (non-hydrogen) atoms. The number of carbonyl (C=O) groups excluding carboxylic acids is 2. The zero-order valence-electron chi connectivity index (χ0n) is 15.8. The second-order valence-electron chi connectivity index (χ2n) is 6.84. The van der Waals surface area contributed by atoms with E-state index in [-0.39, 0.29) is 6.04 Å². The van der Waals surface area contributed by atoms with Gasteiger partial charge >= 0.3 is 0 Å². The van der Waals surface area contributed by atoms with Crippen molar-refractivity contribution in [2.45, 2.75) is 13.0 Å². The third-order valence-corrected chi connectivity index (χ3v) is 5.16. The predicted octanol–water partition coefficient (Wildman–Crippen LogP) is 5.32. The van der Waals surface area contributed by atoms with Gasteiger partial charge in [0.25, 0.3) is 11.7 Å². The van der Waals surface area contributed by atoms with Gasteiger partial charge < -0.3 is 9.72 Å². The molecule has 2 aromatic carbocycles. The first-order chi connectivity index (χ1) is 14.0. The van der Waals surface area contributed by atoms with Crippen LogP contribution in [0.25, 0.3) is 16.6 Å². The minimum atomic E-state index is -0.639. The summed E-state index contributed by atoms with van der Waals surface area (Å²) in [5, 5.41) is 3.42. The number of aromatic nitrogens is 1. The van der Waals surface area contributed by atoms with Gasteiger partial charge in [0.15, 0.2) is 0 Å². The van der Waals surface area contributed by atoms with Crippen LogP contribution < -0.4 is 5.32 Å². The third kappa shape index (κ3) is 3.80. The van der Waals surface area contributed by atoms with E-state index in [1.165, 1.54) is 0 Å². The smallest absolute Gasteiger partial charge is 0.294 e. The van der Waals surface area contributed by atoms with Crippen LogP contribution in [0.3, 0.4) is 0 Å². The average Bonchev–Trinajstić information content (AvgIpc) is 3.13. The van der Waals surface area contributed by atoms with Crippen molar-refractivity contribution < 1.29 is 9.59 Å². The number of nitrogens with one attached hydrogen (secondary N) is 1. The molecule has 0 saturated carbocycles. The van der Waals surface area contributed by atoms with E-state index in [9.17, 15) is 9.59 Å². The Morgan fingerprint density at radius 2 is 1.62 bits per heavy atom. The molecule has 1 atom stereocenters. The van der Waals surface area contributed by atoms with Crippen LogP contribution in [0.5, 0.6) is 0 Å². The summed E-state index contributed by atoms with van der Waals surface area (Å²) in [6.45, 7) is 1.86. The summed E-state index contributed by atoms with van der Waals surface area (Å²) in [4.78, 5) is 26.0. The number of amides is 1. The standard InChI is InChI=1S/C24H19ClN2O2/c1-16(17-7-3-2-4-8-17)26-24(29)23(28)22-21(18-10-12-19(25)13-11-18)15-20-9-5-6-14-27(20)22/h2-16H,1H3,(H,26,29)/t16-/m0/s1. The highest BCUT2D eigenvalue weighted by molar-refractivity contribution is 6.43. The van der Waals surface area contributed by atoms with Crippen molar-refractivity contribution in [3.05, 3.63) is 101 Å². The Morgan fingerprint density at radius 3 is 2.34 bits per heavy atom. The molecule has 0 aliphatic carbocycles. The zero-order valence-corrected chi connectivity index (χ0v) is 16.6. The predicted molar refractivity (Wildman–Crippen MR) is 115 cm³/mol. The lowest BCUT2D eigenvalue weighted by molar-refractivity contribution is -0.117. The Morgan fingerprint density at radius 1 is 0.931 bits per heavy atom. The van der Waals surface area contributed by atoms with E-state index in [2.05, 4.69) is 5.32 Å². The molecule has 0 radical (unpaired) electrons. The van der Waals surface area contributed by atoms with Crippen molar-refractivity contribution in [1.29, 1.82) is 0 Å². The Bertz CT molecular complexity index is 1180. The van der Waals surface area contributed by atoms with E-state index in [0.717, 1.165) is 16.6 Å².